The molecule has 0 amide bonds. The molecule has 8 heteroatoms. The lowest BCUT2D eigenvalue weighted by atomic mass is 9.97. The van der Waals surface area contributed by atoms with Gasteiger partial charge in [-0.05, 0) is 69.5 Å². The summed E-state index contributed by atoms with van der Waals surface area (Å²) in [6.45, 7) is 5.22. The second kappa shape index (κ2) is 8.69. The van der Waals surface area contributed by atoms with Gasteiger partial charge in [0.2, 0.25) is 0 Å². The number of aldehydes is 1. The molecule has 0 aliphatic carbocycles. The summed E-state index contributed by atoms with van der Waals surface area (Å²) in [5.41, 5.74) is 0.169. The van der Waals surface area contributed by atoms with Crippen LogP contribution in [-0.4, -0.2) is 27.3 Å². The topological polar surface area (TPSA) is 86.7 Å². The van der Waals surface area contributed by atoms with E-state index in [2.05, 4.69) is 0 Å². The molecule has 0 N–H and O–H groups in total. The molecule has 0 aliphatic rings. The van der Waals surface area contributed by atoms with Crippen LogP contribution in [0.4, 0.5) is 11.4 Å². The zero-order valence-electron chi connectivity index (χ0n) is 15.4. The molecule has 0 saturated carbocycles. The largest absolute Gasteiger partial charge is 0.755 e. The van der Waals surface area contributed by atoms with Crippen molar-refractivity contribution in [2.45, 2.75) is 25.7 Å². The van der Waals surface area contributed by atoms with Gasteiger partial charge in [-0.25, -0.2) is 0 Å². The maximum Gasteiger partial charge on any atom is 0.316 e. The highest BCUT2D eigenvalue weighted by molar-refractivity contribution is 7.98. The Bertz CT molecular complexity index is 859. The van der Waals surface area contributed by atoms with E-state index in [1.54, 1.807) is 39.0 Å². The van der Waals surface area contributed by atoms with Crippen molar-refractivity contribution in [3.05, 3.63) is 48.0 Å². The van der Waals surface area contributed by atoms with Crippen molar-refractivity contribution in [1.82, 2.24) is 0 Å². The maximum absolute atomic E-state index is 12.0. The van der Waals surface area contributed by atoms with Crippen LogP contribution in [0.5, 0.6) is 5.75 Å². The highest BCUT2D eigenvalue weighted by Crippen LogP contribution is 2.33. The van der Waals surface area contributed by atoms with Gasteiger partial charge in [0, 0.05) is 10.5 Å². The second-order valence-electron chi connectivity index (χ2n) is 6.69. The summed E-state index contributed by atoms with van der Waals surface area (Å²) >= 11 is -1.19. The van der Waals surface area contributed by atoms with Crippen LogP contribution in [0.3, 0.4) is 0 Å². The first kappa shape index (κ1) is 21.1. The molecule has 0 fully saturated rings. The van der Waals surface area contributed by atoms with E-state index in [-0.39, 0.29) is 11.3 Å². The predicted octanol–water partition coefficient (Wildman–Crippen LogP) is 4.10. The number of nitrogens with zero attached hydrogens (tertiary/aromatic N) is 1. The highest BCUT2D eigenvalue weighted by Gasteiger charge is 2.24. The van der Waals surface area contributed by atoms with Gasteiger partial charge in [-0.2, -0.15) is 0 Å². The number of hydrogen-bond acceptors (Lipinski definition) is 6. The summed E-state index contributed by atoms with van der Waals surface area (Å²) in [6.07, 6.45) is 2.49. The summed E-state index contributed by atoms with van der Waals surface area (Å²) in [7, 11) is 0. The van der Waals surface area contributed by atoms with Crippen LogP contribution in [-0.2, 0) is 16.1 Å². The number of rotatable bonds is 6. The molecule has 2 aromatic carbocycles. The predicted molar refractivity (Wildman–Crippen MR) is 106 cm³/mol. The van der Waals surface area contributed by atoms with Gasteiger partial charge in [0.05, 0.1) is 28.1 Å². The molecule has 0 aromatic heterocycles. The Hall–Kier alpha value is -2.16. The molecule has 0 aliphatic heterocycles. The van der Waals surface area contributed by atoms with E-state index in [4.69, 9.17) is 4.74 Å². The van der Waals surface area contributed by atoms with Crippen molar-refractivity contribution in [3.63, 3.8) is 0 Å². The molecule has 6 nitrogen and oxygen atoms in total. The molecule has 144 valence electrons. The van der Waals surface area contributed by atoms with Crippen LogP contribution in [0.15, 0.2) is 47.4 Å². The number of thioether (sulfide) groups is 1. The Balaban J connectivity index is 2.37. The minimum Gasteiger partial charge on any atom is -0.755 e. The van der Waals surface area contributed by atoms with E-state index in [1.165, 1.54) is 36.0 Å². The first-order chi connectivity index (χ1) is 12.7. The molecule has 0 bridgehead atoms. The summed E-state index contributed by atoms with van der Waals surface area (Å²) in [4.78, 5) is 24.2. The monoisotopic (exact) mass is 406 g/mol. The number of carbonyl (C=O) groups is 2. The maximum atomic E-state index is 12.0. The first-order valence-corrected chi connectivity index (χ1v) is 10.3. The molecule has 0 radical (unpaired) electrons. The molecule has 2 aromatic rings. The molecule has 27 heavy (non-hydrogen) atoms. The third kappa shape index (κ3) is 5.18. The fraction of sp³-hybridized carbons (Fsp3) is 0.263. The lowest BCUT2D eigenvalue weighted by molar-refractivity contribution is -0.143. The zero-order valence-corrected chi connectivity index (χ0v) is 17.1. The molecule has 0 spiro atoms. The quantitative estimate of drug-likeness (QED) is 0.236. The number of hydrogen-bond donors (Lipinski definition) is 0. The third-order valence-electron chi connectivity index (χ3n) is 3.62. The van der Waals surface area contributed by atoms with Crippen LogP contribution in [0.1, 0.15) is 31.1 Å². The fourth-order valence-corrected chi connectivity index (χ4v) is 3.22. The number of benzene rings is 2. The number of ether oxygens (including phenoxy) is 1. The SMILES string of the molecule is CSc1ccc(N(c2ccc(OC(=O)C(C)(C)C)cc2)S(=O)[O-])c(C=O)c1. The van der Waals surface area contributed by atoms with E-state index in [0.29, 0.717) is 17.7 Å². The Morgan fingerprint density at radius 3 is 2.30 bits per heavy atom. The number of carbonyl (C=O) groups excluding carboxylic acids is 2. The fourth-order valence-electron chi connectivity index (χ4n) is 2.15. The molecule has 1 unspecified atom stereocenters. The lowest BCUT2D eigenvalue weighted by Crippen LogP contribution is -2.25. The molecule has 2 rings (SSSR count). The summed E-state index contributed by atoms with van der Waals surface area (Å²) in [5.74, 6) is -0.0842. The van der Waals surface area contributed by atoms with Crippen molar-refractivity contribution >= 4 is 46.7 Å². The van der Waals surface area contributed by atoms with Gasteiger partial charge in [0.25, 0.3) is 0 Å². The summed E-state index contributed by atoms with van der Waals surface area (Å²) in [5, 5.41) is 0. The van der Waals surface area contributed by atoms with Gasteiger partial charge >= 0.3 is 5.97 Å². The van der Waals surface area contributed by atoms with Gasteiger partial charge in [0.1, 0.15) is 5.75 Å². The van der Waals surface area contributed by atoms with E-state index in [0.717, 1.165) is 9.20 Å². The molecular formula is C19H20NO5S2-. The lowest BCUT2D eigenvalue weighted by Gasteiger charge is -2.28. The standard InChI is InChI=1S/C19H21NO5S2/c1-19(2,3)18(22)25-15-7-5-14(6-8-15)20(27(23)24)17-10-9-16(26-4)11-13(17)12-21/h5-12H,1-4H3,(H,23,24)/p-1. The van der Waals surface area contributed by atoms with Crippen molar-refractivity contribution in [1.29, 1.82) is 0 Å². The van der Waals surface area contributed by atoms with Crippen LogP contribution in [0, 0.1) is 5.41 Å². The Morgan fingerprint density at radius 1 is 1.19 bits per heavy atom. The van der Waals surface area contributed by atoms with Gasteiger partial charge in [0.15, 0.2) is 6.29 Å². The average molecular weight is 407 g/mol. The van der Waals surface area contributed by atoms with Gasteiger partial charge < -0.3 is 9.29 Å². The molecule has 0 saturated heterocycles. The van der Waals surface area contributed by atoms with Crippen molar-refractivity contribution in [3.8, 4) is 5.75 Å². The van der Waals surface area contributed by atoms with Crippen molar-refractivity contribution in [2.24, 2.45) is 5.41 Å². The highest BCUT2D eigenvalue weighted by atomic mass is 32.2. The molecule has 1 atom stereocenters. The van der Waals surface area contributed by atoms with Crippen LogP contribution < -0.4 is 9.04 Å². The van der Waals surface area contributed by atoms with E-state index < -0.39 is 22.7 Å². The van der Waals surface area contributed by atoms with Gasteiger partial charge in [-0.15, -0.1) is 11.8 Å². The summed E-state index contributed by atoms with van der Waals surface area (Å²) in [6, 6.07) is 11.0. The van der Waals surface area contributed by atoms with Crippen LogP contribution in [0.25, 0.3) is 0 Å². The number of esters is 1. The first-order valence-electron chi connectivity index (χ1n) is 8.02. The Morgan fingerprint density at radius 2 is 1.81 bits per heavy atom. The number of anilines is 2. The van der Waals surface area contributed by atoms with Crippen LogP contribution >= 0.6 is 11.8 Å². The zero-order chi connectivity index (χ0) is 20.2. The van der Waals surface area contributed by atoms with E-state index >= 15 is 0 Å². The summed E-state index contributed by atoms with van der Waals surface area (Å²) < 4.78 is 30.0. The Kier molecular flexibility index (Phi) is 6.80. The minimum absolute atomic E-state index is 0.246. The average Bonchev–Trinajstić information content (AvgIpc) is 2.62. The Labute approximate surface area is 165 Å². The molecular weight excluding hydrogens is 386 g/mol. The van der Waals surface area contributed by atoms with Crippen LogP contribution in [0.2, 0.25) is 0 Å². The smallest absolute Gasteiger partial charge is 0.316 e. The van der Waals surface area contributed by atoms with Gasteiger partial charge in [-0.1, -0.05) is 0 Å². The second-order valence-corrected chi connectivity index (χ2v) is 8.37. The normalized spacial score (nSPS) is 12.3. The minimum atomic E-state index is -2.65. The third-order valence-corrected chi connectivity index (χ3v) is 5.05. The molecule has 0 heterocycles. The van der Waals surface area contributed by atoms with E-state index in [1.807, 2.05) is 6.26 Å². The van der Waals surface area contributed by atoms with Crippen molar-refractivity contribution in [2.75, 3.05) is 10.6 Å². The van der Waals surface area contributed by atoms with E-state index in [9.17, 15) is 18.4 Å². The van der Waals surface area contributed by atoms with Crippen molar-refractivity contribution < 1.29 is 23.1 Å². The van der Waals surface area contributed by atoms with Gasteiger partial charge in [-0.3, -0.25) is 18.1 Å².